The number of carbonyl (C=O) groups is 1. The molecule has 1 fully saturated rings. The van der Waals surface area contributed by atoms with Crippen LogP contribution in [-0.2, 0) is 24.2 Å². The second kappa shape index (κ2) is 10.6. The molecule has 3 aromatic rings. The highest BCUT2D eigenvalue weighted by Gasteiger charge is 2.34. The molecule has 2 aliphatic heterocycles. The highest BCUT2D eigenvalue weighted by molar-refractivity contribution is 5.96. The van der Waals surface area contributed by atoms with Crippen LogP contribution in [0.25, 0.3) is 11.1 Å². The molecule has 2 aliphatic rings. The normalized spacial score (nSPS) is 19.0. The maximum Gasteiger partial charge on any atom is 0.253 e. The van der Waals surface area contributed by atoms with Gasteiger partial charge in [0.15, 0.2) is 0 Å². The summed E-state index contributed by atoms with van der Waals surface area (Å²) in [5.41, 5.74) is 6.10. The Morgan fingerprint density at radius 1 is 1.16 bits per heavy atom. The largest absolute Gasteiger partial charge is 0.482 e. The van der Waals surface area contributed by atoms with Gasteiger partial charge in [-0.2, -0.15) is 0 Å². The molecule has 2 aromatic carbocycles. The van der Waals surface area contributed by atoms with E-state index < -0.39 is 5.60 Å². The number of rotatable bonds is 7. The zero-order valence-electron chi connectivity index (χ0n) is 22.4. The molecule has 2 N–H and O–H groups in total. The Morgan fingerprint density at radius 3 is 2.58 bits per heavy atom. The Bertz CT molecular complexity index is 1420. The van der Waals surface area contributed by atoms with Crippen LogP contribution in [0, 0.1) is 13.8 Å². The molecule has 5 rings (SSSR count). The zero-order valence-corrected chi connectivity index (χ0v) is 22.4. The van der Waals surface area contributed by atoms with E-state index >= 15 is 0 Å². The van der Waals surface area contributed by atoms with Gasteiger partial charge in [-0.1, -0.05) is 30.8 Å². The molecular weight excluding hydrogens is 478 g/mol. The molecule has 0 saturated carbocycles. The molecule has 0 bridgehead atoms. The van der Waals surface area contributed by atoms with E-state index in [0.29, 0.717) is 17.5 Å². The van der Waals surface area contributed by atoms with Crippen molar-refractivity contribution in [2.45, 2.75) is 45.9 Å². The number of ether oxygens (including phenoxy) is 2. The Kier molecular flexibility index (Phi) is 7.23. The summed E-state index contributed by atoms with van der Waals surface area (Å²) in [5, 5.41) is 2.94. The van der Waals surface area contributed by atoms with Crippen LogP contribution in [0.5, 0.6) is 5.75 Å². The van der Waals surface area contributed by atoms with Gasteiger partial charge in [0.05, 0.1) is 13.2 Å². The third-order valence-electron chi connectivity index (χ3n) is 7.43. The number of H-pyrrole nitrogens is 1. The molecule has 1 saturated heterocycles. The minimum absolute atomic E-state index is 0.157. The van der Waals surface area contributed by atoms with Gasteiger partial charge >= 0.3 is 0 Å². The summed E-state index contributed by atoms with van der Waals surface area (Å²) in [6.45, 7) is 14.2. The average molecular weight is 514 g/mol. The molecule has 0 spiro atoms. The molecule has 0 aliphatic carbocycles. The van der Waals surface area contributed by atoms with E-state index in [0.717, 1.165) is 66.5 Å². The van der Waals surface area contributed by atoms with E-state index in [1.165, 1.54) is 5.56 Å². The predicted octanol–water partition coefficient (Wildman–Crippen LogP) is 4.30. The van der Waals surface area contributed by atoms with Gasteiger partial charge in [-0.05, 0) is 67.3 Å². The van der Waals surface area contributed by atoms with Crippen molar-refractivity contribution >= 4 is 5.91 Å². The van der Waals surface area contributed by atoms with E-state index in [1.54, 1.807) is 0 Å². The molecule has 198 valence electrons. The monoisotopic (exact) mass is 513 g/mol. The first kappa shape index (κ1) is 25.9. The predicted molar refractivity (Wildman–Crippen MR) is 149 cm³/mol. The van der Waals surface area contributed by atoms with Gasteiger partial charge in [0.25, 0.3) is 11.5 Å². The first-order valence-corrected chi connectivity index (χ1v) is 13.1. The maximum atomic E-state index is 13.3. The number of pyridine rings is 1. The van der Waals surface area contributed by atoms with Crippen LogP contribution in [0.4, 0.5) is 0 Å². The highest BCUT2D eigenvalue weighted by atomic mass is 16.5. The van der Waals surface area contributed by atoms with Crippen LogP contribution in [0.3, 0.4) is 0 Å². The lowest BCUT2D eigenvalue weighted by molar-refractivity contribution is 0.0342. The summed E-state index contributed by atoms with van der Waals surface area (Å²) < 4.78 is 11.8. The van der Waals surface area contributed by atoms with Crippen LogP contribution < -0.4 is 15.6 Å². The van der Waals surface area contributed by atoms with Crippen molar-refractivity contribution in [2.75, 3.05) is 26.3 Å². The molecule has 1 unspecified atom stereocenters. The molecule has 1 atom stereocenters. The van der Waals surface area contributed by atoms with Gasteiger partial charge in [-0.25, -0.2) is 0 Å². The second-order valence-corrected chi connectivity index (χ2v) is 10.5. The van der Waals surface area contributed by atoms with E-state index in [-0.39, 0.29) is 18.0 Å². The van der Waals surface area contributed by atoms with Gasteiger partial charge in [0.1, 0.15) is 11.4 Å². The Hall–Kier alpha value is -3.68. The summed E-state index contributed by atoms with van der Waals surface area (Å²) in [4.78, 5) is 30.9. The third kappa shape index (κ3) is 5.44. The van der Waals surface area contributed by atoms with Crippen LogP contribution in [0.1, 0.15) is 45.2 Å². The summed E-state index contributed by atoms with van der Waals surface area (Å²) in [7, 11) is 0. The number of nitrogens with zero attached hydrogens (tertiary/aromatic N) is 1. The van der Waals surface area contributed by atoms with Crippen LogP contribution >= 0.6 is 0 Å². The minimum Gasteiger partial charge on any atom is -0.482 e. The quantitative estimate of drug-likeness (QED) is 0.461. The molecule has 0 radical (unpaired) electrons. The number of carbonyl (C=O) groups excluding carboxylic acids is 1. The Balaban J connectivity index is 1.42. The first-order chi connectivity index (χ1) is 18.2. The topological polar surface area (TPSA) is 83.7 Å². The molecule has 7 heteroatoms. The summed E-state index contributed by atoms with van der Waals surface area (Å²) in [6.07, 6.45) is 2.44. The van der Waals surface area contributed by atoms with Gasteiger partial charge in [0.2, 0.25) is 0 Å². The van der Waals surface area contributed by atoms with Crippen LogP contribution in [-0.4, -0.2) is 47.7 Å². The van der Waals surface area contributed by atoms with E-state index in [4.69, 9.17) is 9.47 Å². The second-order valence-electron chi connectivity index (χ2n) is 10.5. The SMILES string of the molecule is C=CC1(C)Cc2cc(C(=O)NCc3c(C)cc(C)[nH]c3=O)cc(-c3ccc(CN4CCOCC4)cc3)c2O1. The number of morpholine rings is 1. The lowest BCUT2D eigenvalue weighted by Crippen LogP contribution is -2.35. The summed E-state index contributed by atoms with van der Waals surface area (Å²) >= 11 is 0. The number of aromatic nitrogens is 1. The molecule has 1 aromatic heterocycles. The van der Waals surface area contributed by atoms with E-state index in [2.05, 4.69) is 46.0 Å². The fraction of sp³-hybridized carbons (Fsp3) is 0.355. The number of aryl methyl sites for hydroxylation is 2. The molecule has 38 heavy (non-hydrogen) atoms. The maximum absolute atomic E-state index is 13.3. The Morgan fingerprint density at radius 2 is 1.89 bits per heavy atom. The summed E-state index contributed by atoms with van der Waals surface area (Å²) in [6, 6.07) is 14.1. The van der Waals surface area contributed by atoms with Gasteiger partial charge < -0.3 is 19.8 Å². The van der Waals surface area contributed by atoms with Crippen molar-refractivity contribution in [3.8, 4) is 16.9 Å². The fourth-order valence-corrected chi connectivity index (χ4v) is 5.23. The number of benzene rings is 2. The molecular formula is C31H35N3O4. The summed E-state index contributed by atoms with van der Waals surface area (Å²) in [5.74, 6) is 0.556. The number of hydrogen-bond acceptors (Lipinski definition) is 5. The number of amides is 1. The molecule has 3 heterocycles. The highest BCUT2D eigenvalue weighted by Crippen LogP contribution is 2.43. The van der Waals surface area contributed by atoms with Crippen molar-refractivity contribution in [2.24, 2.45) is 0 Å². The number of fused-ring (bicyclic) bond motifs is 1. The average Bonchev–Trinajstić information content (AvgIpc) is 3.25. The minimum atomic E-state index is -0.533. The van der Waals surface area contributed by atoms with Gasteiger partial charge in [0, 0.05) is 55.0 Å². The lowest BCUT2D eigenvalue weighted by Gasteiger charge is -2.26. The first-order valence-electron chi connectivity index (χ1n) is 13.1. The van der Waals surface area contributed by atoms with Crippen LogP contribution in [0.2, 0.25) is 0 Å². The van der Waals surface area contributed by atoms with E-state index in [1.807, 2.05) is 45.0 Å². The number of hydrogen-bond donors (Lipinski definition) is 2. The van der Waals surface area contributed by atoms with Crippen molar-refractivity contribution in [1.82, 2.24) is 15.2 Å². The van der Waals surface area contributed by atoms with Gasteiger partial charge in [-0.15, -0.1) is 0 Å². The van der Waals surface area contributed by atoms with Crippen molar-refractivity contribution in [1.29, 1.82) is 0 Å². The van der Waals surface area contributed by atoms with Crippen molar-refractivity contribution in [3.05, 3.63) is 99.0 Å². The van der Waals surface area contributed by atoms with Crippen LogP contribution in [0.15, 0.2) is 59.9 Å². The number of aromatic amines is 1. The fourth-order valence-electron chi connectivity index (χ4n) is 5.23. The standard InChI is InChI=1S/C31H35N3O4/c1-5-31(4)17-25-15-24(29(35)32-18-27-20(2)14-21(3)33-30(27)36)16-26(28(25)38-31)23-8-6-22(7-9-23)19-34-10-12-37-13-11-34/h5-9,14-16H,1,10-13,17-19H2,2-4H3,(H,32,35)(H,33,36). The van der Waals surface area contributed by atoms with Crippen molar-refractivity contribution < 1.29 is 14.3 Å². The molecule has 1 amide bonds. The van der Waals surface area contributed by atoms with E-state index in [9.17, 15) is 9.59 Å². The van der Waals surface area contributed by atoms with Gasteiger partial charge in [-0.3, -0.25) is 14.5 Å². The number of nitrogens with one attached hydrogen (secondary N) is 2. The Labute approximate surface area is 223 Å². The molecule has 7 nitrogen and oxygen atoms in total. The smallest absolute Gasteiger partial charge is 0.253 e. The third-order valence-corrected chi connectivity index (χ3v) is 7.43. The van der Waals surface area contributed by atoms with Crippen molar-refractivity contribution in [3.63, 3.8) is 0 Å². The lowest BCUT2D eigenvalue weighted by atomic mass is 9.94. The zero-order chi connectivity index (χ0) is 26.9.